The van der Waals surface area contributed by atoms with Gasteiger partial charge >= 0.3 is 0 Å². The van der Waals surface area contributed by atoms with Crippen molar-refractivity contribution in [3.8, 4) is 0 Å². The summed E-state index contributed by atoms with van der Waals surface area (Å²) >= 11 is 6.43. The second-order valence-electron chi connectivity index (χ2n) is 5.75. The summed E-state index contributed by atoms with van der Waals surface area (Å²) in [6.45, 7) is 1.95. The van der Waals surface area contributed by atoms with Gasteiger partial charge in [-0.1, -0.05) is 41.0 Å². The fourth-order valence-corrected chi connectivity index (χ4v) is 2.85. The van der Waals surface area contributed by atoms with E-state index in [0.717, 1.165) is 16.8 Å². The molecule has 0 radical (unpaired) electrons. The molecule has 3 rings (SSSR count). The van der Waals surface area contributed by atoms with Gasteiger partial charge in [-0.05, 0) is 42.8 Å². The van der Waals surface area contributed by atoms with Crippen molar-refractivity contribution in [2.75, 3.05) is 16.8 Å². The van der Waals surface area contributed by atoms with Crippen LogP contribution in [0.2, 0.25) is 5.02 Å². The first kappa shape index (κ1) is 17.6. The molecule has 6 nitrogen and oxygen atoms in total. The first-order chi connectivity index (χ1) is 12.5. The Hall–Kier alpha value is -3.25. The zero-order chi connectivity index (χ0) is 18.7. The Morgan fingerprint density at radius 1 is 1.08 bits per heavy atom. The number of benzene rings is 2. The lowest BCUT2D eigenvalue weighted by atomic mass is 9.98. The van der Waals surface area contributed by atoms with Gasteiger partial charge in [0.25, 0.3) is 0 Å². The molecule has 2 aromatic carbocycles. The van der Waals surface area contributed by atoms with E-state index in [1.54, 1.807) is 24.3 Å². The predicted octanol–water partition coefficient (Wildman–Crippen LogP) is 4.18. The van der Waals surface area contributed by atoms with Gasteiger partial charge in [0.15, 0.2) is 0 Å². The standard InChI is InChI=1S/C19H18ClN5O/c1-11-4-2-3-5-13(11)18(25-26)14-7-6-12(10-15(14)20)23-17-9-8-16(21)19(22)24-17/h2-10,26H,21H2,1H3,(H3,22,23,24). The number of nitrogen functional groups attached to an aromatic ring is 2. The highest BCUT2D eigenvalue weighted by Gasteiger charge is 2.14. The second-order valence-corrected chi connectivity index (χ2v) is 6.16. The number of rotatable bonds is 4. The van der Waals surface area contributed by atoms with Crippen molar-refractivity contribution in [1.82, 2.24) is 4.98 Å². The molecule has 0 bridgehead atoms. The third kappa shape index (κ3) is 3.55. The topological polar surface area (TPSA) is 110 Å². The Morgan fingerprint density at radius 3 is 2.50 bits per heavy atom. The number of nitrogens with zero attached hydrogens (tertiary/aromatic N) is 2. The lowest BCUT2D eigenvalue weighted by Gasteiger charge is -2.12. The van der Waals surface area contributed by atoms with E-state index in [2.05, 4.69) is 15.5 Å². The molecule has 132 valence electrons. The lowest BCUT2D eigenvalue weighted by molar-refractivity contribution is 0.319. The number of halogens is 1. The molecule has 3 aromatic rings. The Bertz CT molecular complexity index is 987. The Morgan fingerprint density at radius 2 is 1.85 bits per heavy atom. The lowest BCUT2D eigenvalue weighted by Crippen LogP contribution is -2.07. The van der Waals surface area contributed by atoms with Gasteiger partial charge in [-0.25, -0.2) is 4.98 Å². The molecule has 0 atom stereocenters. The summed E-state index contributed by atoms with van der Waals surface area (Å²) in [7, 11) is 0. The van der Waals surface area contributed by atoms with Crippen molar-refractivity contribution in [1.29, 1.82) is 0 Å². The largest absolute Gasteiger partial charge is 0.410 e. The van der Waals surface area contributed by atoms with Gasteiger partial charge in [-0.2, -0.15) is 0 Å². The second kappa shape index (κ2) is 7.33. The van der Waals surface area contributed by atoms with Crippen molar-refractivity contribution in [3.05, 3.63) is 76.3 Å². The minimum atomic E-state index is 0.256. The van der Waals surface area contributed by atoms with Gasteiger partial charge in [0.1, 0.15) is 17.3 Å². The highest BCUT2D eigenvalue weighted by Crippen LogP contribution is 2.27. The fraction of sp³-hybridized carbons (Fsp3) is 0.0526. The SMILES string of the molecule is Cc1ccccc1C(=NO)c1ccc(Nc2ccc(N)c(N)n2)cc1Cl. The molecule has 0 fully saturated rings. The van der Waals surface area contributed by atoms with E-state index >= 15 is 0 Å². The molecule has 1 heterocycles. The van der Waals surface area contributed by atoms with Gasteiger partial charge in [0.05, 0.1) is 10.7 Å². The number of hydrogen-bond acceptors (Lipinski definition) is 6. The summed E-state index contributed by atoms with van der Waals surface area (Å²) in [5.41, 5.74) is 15.4. The molecule has 0 saturated carbocycles. The first-order valence-corrected chi connectivity index (χ1v) is 8.24. The van der Waals surface area contributed by atoms with Crippen LogP contribution in [0.3, 0.4) is 0 Å². The predicted molar refractivity (Wildman–Crippen MR) is 106 cm³/mol. The fourth-order valence-electron chi connectivity index (χ4n) is 2.58. The zero-order valence-electron chi connectivity index (χ0n) is 14.1. The smallest absolute Gasteiger partial charge is 0.149 e. The van der Waals surface area contributed by atoms with Crippen molar-refractivity contribution in [2.24, 2.45) is 5.16 Å². The molecule has 0 spiro atoms. The van der Waals surface area contributed by atoms with E-state index in [0.29, 0.717) is 27.8 Å². The normalized spacial score (nSPS) is 11.4. The van der Waals surface area contributed by atoms with Crippen molar-refractivity contribution < 1.29 is 5.21 Å². The van der Waals surface area contributed by atoms with Crippen LogP contribution >= 0.6 is 11.6 Å². The first-order valence-electron chi connectivity index (χ1n) is 7.86. The molecule has 0 aliphatic heterocycles. The zero-order valence-corrected chi connectivity index (χ0v) is 14.8. The van der Waals surface area contributed by atoms with Crippen LogP contribution in [0.5, 0.6) is 0 Å². The van der Waals surface area contributed by atoms with Crippen LogP contribution in [0.15, 0.2) is 59.8 Å². The number of aromatic nitrogens is 1. The third-order valence-electron chi connectivity index (χ3n) is 3.95. The van der Waals surface area contributed by atoms with Crippen LogP contribution < -0.4 is 16.8 Å². The monoisotopic (exact) mass is 367 g/mol. The van der Waals surface area contributed by atoms with Crippen molar-refractivity contribution >= 4 is 40.3 Å². The number of nitrogens with two attached hydrogens (primary N) is 2. The van der Waals surface area contributed by atoms with E-state index in [-0.39, 0.29) is 5.82 Å². The number of oxime groups is 1. The van der Waals surface area contributed by atoms with Gasteiger partial charge in [0, 0.05) is 16.8 Å². The van der Waals surface area contributed by atoms with E-state index in [4.69, 9.17) is 23.1 Å². The molecular weight excluding hydrogens is 350 g/mol. The van der Waals surface area contributed by atoms with E-state index in [9.17, 15) is 5.21 Å². The molecule has 0 unspecified atom stereocenters. The summed E-state index contributed by atoms with van der Waals surface area (Å²) in [4.78, 5) is 4.17. The Kier molecular flexibility index (Phi) is 4.95. The van der Waals surface area contributed by atoms with Crippen LogP contribution in [0.1, 0.15) is 16.7 Å². The summed E-state index contributed by atoms with van der Waals surface area (Å²) in [5, 5.41) is 16.5. The van der Waals surface area contributed by atoms with Gasteiger partial charge < -0.3 is 22.0 Å². The van der Waals surface area contributed by atoms with Gasteiger partial charge in [-0.15, -0.1) is 0 Å². The number of pyridine rings is 1. The Balaban J connectivity index is 1.92. The third-order valence-corrected chi connectivity index (χ3v) is 4.27. The van der Waals surface area contributed by atoms with Crippen LogP contribution in [0.4, 0.5) is 23.0 Å². The van der Waals surface area contributed by atoms with Crippen molar-refractivity contribution in [2.45, 2.75) is 6.92 Å². The molecule has 0 amide bonds. The van der Waals surface area contributed by atoms with Crippen LogP contribution in [0.25, 0.3) is 0 Å². The number of hydrogen-bond donors (Lipinski definition) is 4. The molecule has 0 aliphatic carbocycles. The maximum Gasteiger partial charge on any atom is 0.149 e. The molecule has 7 heteroatoms. The van der Waals surface area contributed by atoms with E-state index in [1.165, 1.54) is 0 Å². The summed E-state index contributed by atoms with van der Waals surface area (Å²) in [6.07, 6.45) is 0. The molecule has 26 heavy (non-hydrogen) atoms. The maximum atomic E-state index is 9.52. The van der Waals surface area contributed by atoms with E-state index < -0.39 is 0 Å². The quantitative estimate of drug-likeness (QED) is 0.314. The maximum absolute atomic E-state index is 9.52. The summed E-state index contributed by atoms with van der Waals surface area (Å²) in [5.74, 6) is 0.808. The number of anilines is 4. The molecule has 1 aromatic heterocycles. The van der Waals surface area contributed by atoms with Crippen molar-refractivity contribution in [3.63, 3.8) is 0 Å². The molecular formula is C19H18ClN5O. The minimum Gasteiger partial charge on any atom is -0.410 e. The molecule has 0 aliphatic rings. The van der Waals surface area contributed by atoms with Crippen LogP contribution in [-0.4, -0.2) is 15.9 Å². The average Bonchev–Trinajstić information content (AvgIpc) is 2.62. The number of nitrogens with one attached hydrogen (secondary N) is 1. The highest BCUT2D eigenvalue weighted by atomic mass is 35.5. The molecule has 0 saturated heterocycles. The Labute approximate surface area is 156 Å². The number of aryl methyl sites for hydroxylation is 1. The average molecular weight is 368 g/mol. The minimum absolute atomic E-state index is 0.256. The summed E-state index contributed by atoms with van der Waals surface area (Å²) < 4.78 is 0. The van der Waals surface area contributed by atoms with Crippen LogP contribution in [0, 0.1) is 6.92 Å². The van der Waals surface area contributed by atoms with E-state index in [1.807, 2.05) is 37.3 Å². The molecule has 6 N–H and O–H groups in total. The van der Waals surface area contributed by atoms with Gasteiger partial charge in [-0.3, -0.25) is 0 Å². The van der Waals surface area contributed by atoms with Crippen LogP contribution in [-0.2, 0) is 0 Å². The highest BCUT2D eigenvalue weighted by molar-refractivity contribution is 6.35. The summed E-state index contributed by atoms with van der Waals surface area (Å²) in [6, 6.07) is 16.4. The van der Waals surface area contributed by atoms with Gasteiger partial charge in [0.2, 0.25) is 0 Å².